The highest BCUT2D eigenvalue weighted by molar-refractivity contribution is 6.30. The number of rotatable bonds is 1. The van der Waals surface area contributed by atoms with Crippen molar-refractivity contribution in [3.63, 3.8) is 0 Å². The predicted molar refractivity (Wildman–Crippen MR) is 75.0 cm³/mol. The van der Waals surface area contributed by atoms with Crippen LogP contribution in [0, 0.1) is 0 Å². The Morgan fingerprint density at radius 2 is 2.22 bits per heavy atom. The van der Waals surface area contributed by atoms with Gasteiger partial charge in [-0.3, -0.25) is 0 Å². The Hall–Kier alpha value is -1.16. The zero-order valence-corrected chi connectivity index (χ0v) is 11.1. The Morgan fingerprint density at radius 1 is 1.39 bits per heavy atom. The number of hydrogen-bond donors (Lipinski definition) is 1. The van der Waals surface area contributed by atoms with Gasteiger partial charge < -0.3 is 10.2 Å². The van der Waals surface area contributed by atoms with Gasteiger partial charge in [0.1, 0.15) is 5.15 Å². The summed E-state index contributed by atoms with van der Waals surface area (Å²) < 4.78 is 0. The Labute approximate surface area is 112 Å². The van der Waals surface area contributed by atoms with E-state index in [9.17, 15) is 0 Å². The summed E-state index contributed by atoms with van der Waals surface area (Å²) in [6.07, 6.45) is 0. The van der Waals surface area contributed by atoms with Crippen molar-refractivity contribution in [3.8, 4) is 0 Å². The van der Waals surface area contributed by atoms with Gasteiger partial charge in [-0.15, -0.1) is 0 Å². The smallest absolute Gasteiger partial charge is 0.134 e. The van der Waals surface area contributed by atoms with Crippen LogP contribution >= 0.6 is 11.6 Å². The lowest BCUT2D eigenvalue weighted by Gasteiger charge is -2.31. The number of fused-ring (bicyclic) bond motifs is 1. The van der Waals surface area contributed by atoms with Crippen LogP contribution < -0.4 is 5.32 Å². The lowest BCUT2D eigenvalue weighted by Crippen LogP contribution is -2.43. The molecule has 1 atom stereocenters. The van der Waals surface area contributed by atoms with E-state index in [-0.39, 0.29) is 6.04 Å². The molecule has 1 unspecified atom stereocenters. The Kier molecular flexibility index (Phi) is 3.20. The lowest BCUT2D eigenvalue weighted by atomic mass is 10.0. The van der Waals surface area contributed by atoms with Crippen LogP contribution in [0.15, 0.2) is 30.3 Å². The number of nitrogens with zero attached hydrogens (tertiary/aromatic N) is 2. The van der Waals surface area contributed by atoms with Gasteiger partial charge in [-0.2, -0.15) is 0 Å². The minimum absolute atomic E-state index is 0.272. The molecule has 3 rings (SSSR count). The van der Waals surface area contributed by atoms with Crippen LogP contribution in [0.2, 0.25) is 5.15 Å². The molecule has 1 aromatic carbocycles. The topological polar surface area (TPSA) is 28.2 Å². The molecule has 0 aliphatic carbocycles. The minimum atomic E-state index is 0.272. The second-order valence-corrected chi connectivity index (χ2v) is 5.19. The van der Waals surface area contributed by atoms with E-state index in [4.69, 9.17) is 11.6 Å². The molecular formula is C14H16ClN3. The second kappa shape index (κ2) is 4.84. The van der Waals surface area contributed by atoms with Crippen LogP contribution in [-0.2, 0) is 0 Å². The zero-order valence-electron chi connectivity index (χ0n) is 10.4. The molecule has 1 N–H and O–H groups in total. The van der Waals surface area contributed by atoms with Gasteiger partial charge >= 0.3 is 0 Å². The van der Waals surface area contributed by atoms with E-state index < -0.39 is 0 Å². The molecule has 1 aliphatic heterocycles. The normalized spacial score (nSPS) is 21.3. The number of halogens is 1. The van der Waals surface area contributed by atoms with Crippen LogP contribution in [-0.4, -0.2) is 36.6 Å². The van der Waals surface area contributed by atoms with Crippen molar-refractivity contribution in [3.05, 3.63) is 41.0 Å². The molecule has 2 aromatic rings. The van der Waals surface area contributed by atoms with Crippen molar-refractivity contribution < 1.29 is 0 Å². The predicted octanol–water partition coefficient (Wildman–Crippen LogP) is 2.46. The first-order valence-corrected chi connectivity index (χ1v) is 6.59. The average Bonchev–Trinajstić information content (AvgIpc) is 2.38. The molecule has 94 valence electrons. The van der Waals surface area contributed by atoms with Crippen molar-refractivity contribution in [2.45, 2.75) is 6.04 Å². The van der Waals surface area contributed by atoms with Crippen molar-refractivity contribution in [2.24, 2.45) is 0 Å². The molecule has 2 heterocycles. The maximum atomic E-state index is 6.31. The summed E-state index contributed by atoms with van der Waals surface area (Å²) in [5, 5.41) is 5.26. The molecule has 1 aromatic heterocycles. The number of nitrogens with one attached hydrogen (secondary N) is 1. The van der Waals surface area contributed by atoms with E-state index in [0.717, 1.165) is 36.1 Å². The molecule has 1 saturated heterocycles. The number of likely N-dealkylation sites (N-methyl/N-ethyl adjacent to an activating group) is 1. The van der Waals surface area contributed by atoms with Gasteiger partial charge in [-0.05, 0) is 19.2 Å². The van der Waals surface area contributed by atoms with Gasteiger partial charge in [0, 0.05) is 36.6 Å². The average molecular weight is 262 g/mol. The molecule has 4 heteroatoms. The highest BCUT2D eigenvalue weighted by atomic mass is 35.5. The standard InChI is InChI=1S/C14H16ClN3/c1-18-7-6-16-13(9-18)11-8-10-4-2-3-5-12(10)17-14(11)15/h2-5,8,13,16H,6-7,9H2,1H3. The molecule has 0 bridgehead atoms. The lowest BCUT2D eigenvalue weighted by molar-refractivity contribution is 0.241. The molecule has 0 spiro atoms. The summed E-state index contributed by atoms with van der Waals surface area (Å²) in [6.45, 7) is 3.04. The summed E-state index contributed by atoms with van der Waals surface area (Å²) in [4.78, 5) is 6.79. The molecule has 18 heavy (non-hydrogen) atoms. The van der Waals surface area contributed by atoms with Crippen molar-refractivity contribution >= 4 is 22.5 Å². The highest BCUT2D eigenvalue weighted by Gasteiger charge is 2.21. The molecule has 3 nitrogen and oxygen atoms in total. The maximum absolute atomic E-state index is 6.31. The highest BCUT2D eigenvalue weighted by Crippen LogP contribution is 2.27. The maximum Gasteiger partial charge on any atom is 0.134 e. The largest absolute Gasteiger partial charge is 0.307 e. The Balaban J connectivity index is 2.02. The van der Waals surface area contributed by atoms with Crippen molar-refractivity contribution in [1.29, 1.82) is 0 Å². The third kappa shape index (κ3) is 2.21. The van der Waals surface area contributed by atoms with E-state index in [2.05, 4.69) is 34.4 Å². The summed E-state index contributed by atoms with van der Waals surface area (Å²) in [5.74, 6) is 0. The van der Waals surface area contributed by atoms with Crippen molar-refractivity contribution in [1.82, 2.24) is 15.2 Å². The number of para-hydroxylation sites is 1. The third-order valence-electron chi connectivity index (χ3n) is 3.46. The van der Waals surface area contributed by atoms with Gasteiger partial charge in [0.15, 0.2) is 0 Å². The number of hydrogen-bond acceptors (Lipinski definition) is 3. The molecule has 0 amide bonds. The Bertz CT molecular complexity index is 570. The van der Waals surface area contributed by atoms with Crippen LogP contribution in [0.5, 0.6) is 0 Å². The van der Waals surface area contributed by atoms with E-state index >= 15 is 0 Å². The van der Waals surface area contributed by atoms with Gasteiger partial charge in [0.05, 0.1) is 5.52 Å². The van der Waals surface area contributed by atoms with E-state index in [0.29, 0.717) is 5.15 Å². The first-order valence-electron chi connectivity index (χ1n) is 6.21. The first-order chi connectivity index (χ1) is 8.74. The second-order valence-electron chi connectivity index (χ2n) is 4.83. The zero-order chi connectivity index (χ0) is 12.5. The molecule has 1 aliphatic rings. The van der Waals surface area contributed by atoms with Gasteiger partial charge in [-0.1, -0.05) is 29.8 Å². The Morgan fingerprint density at radius 3 is 3.06 bits per heavy atom. The van der Waals surface area contributed by atoms with Gasteiger partial charge in [0.2, 0.25) is 0 Å². The SMILES string of the molecule is CN1CCNC(c2cc3ccccc3nc2Cl)C1. The van der Waals surface area contributed by atoms with E-state index in [1.807, 2.05) is 18.2 Å². The summed E-state index contributed by atoms with van der Waals surface area (Å²) >= 11 is 6.31. The van der Waals surface area contributed by atoms with Crippen LogP contribution in [0.4, 0.5) is 0 Å². The number of aromatic nitrogens is 1. The van der Waals surface area contributed by atoms with Gasteiger partial charge in [0.25, 0.3) is 0 Å². The molecule has 1 fully saturated rings. The number of benzene rings is 1. The molecular weight excluding hydrogens is 246 g/mol. The van der Waals surface area contributed by atoms with Crippen LogP contribution in [0.1, 0.15) is 11.6 Å². The van der Waals surface area contributed by atoms with Crippen molar-refractivity contribution in [2.75, 3.05) is 26.7 Å². The summed E-state index contributed by atoms with van der Waals surface area (Å²) in [7, 11) is 2.14. The monoisotopic (exact) mass is 261 g/mol. The van der Waals surface area contributed by atoms with Crippen LogP contribution in [0.3, 0.4) is 0 Å². The fourth-order valence-electron chi connectivity index (χ4n) is 2.46. The quantitative estimate of drug-likeness (QED) is 0.800. The number of pyridine rings is 1. The van der Waals surface area contributed by atoms with E-state index in [1.54, 1.807) is 0 Å². The summed E-state index contributed by atoms with van der Waals surface area (Å²) in [5.41, 5.74) is 2.05. The minimum Gasteiger partial charge on any atom is -0.307 e. The third-order valence-corrected chi connectivity index (χ3v) is 3.76. The molecule has 0 saturated carbocycles. The fraction of sp³-hybridized carbons (Fsp3) is 0.357. The first kappa shape index (κ1) is 11.9. The van der Waals surface area contributed by atoms with Crippen LogP contribution in [0.25, 0.3) is 10.9 Å². The molecule has 0 radical (unpaired) electrons. The summed E-state index contributed by atoms with van der Waals surface area (Å²) in [6, 6.07) is 10.5. The number of piperazine rings is 1. The van der Waals surface area contributed by atoms with E-state index in [1.165, 1.54) is 0 Å². The van der Waals surface area contributed by atoms with Gasteiger partial charge in [-0.25, -0.2) is 4.98 Å². The fourth-order valence-corrected chi connectivity index (χ4v) is 2.74.